The number of para-hydroxylation sites is 2. The van der Waals surface area contributed by atoms with E-state index in [2.05, 4.69) is 20.4 Å². The number of thioether (sulfide) groups is 1. The SMILES string of the molecule is Cc1noc(C)c1CSc1ccccc1C(=O)Nc1ccc(-n2cnc3ccccc32)nc1. The Balaban J connectivity index is 1.32. The number of carbonyl (C=O) groups is 1. The van der Waals surface area contributed by atoms with Crippen LogP contribution in [0.5, 0.6) is 0 Å². The zero-order chi connectivity index (χ0) is 22.8. The highest BCUT2D eigenvalue weighted by molar-refractivity contribution is 7.98. The van der Waals surface area contributed by atoms with Crippen molar-refractivity contribution >= 4 is 34.4 Å². The maximum absolute atomic E-state index is 13.0. The van der Waals surface area contributed by atoms with Crippen molar-refractivity contribution < 1.29 is 9.32 Å². The number of hydrogen-bond acceptors (Lipinski definition) is 6. The summed E-state index contributed by atoms with van der Waals surface area (Å²) in [5, 5.41) is 6.96. The zero-order valence-corrected chi connectivity index (χ0v) is 19.0. The van der Waals surface area contributed by atoms with Gasteiger partial charge < -0.3 is 9.84 Å². The standard InChI is InChI=1S/C25H21N5O2S/c1-16-20(17(2)32-29-16)14-33-23-10-6-3-7-19(23)25(31)28-18-11-12-24(26-13-18)30-15-27-21-8-4-5-9-22(21)30/h3-13,15H,14H2,1-2H3,(H,28,31). The average molecular weight is 456 g/mol. The number of imidazole rings is 1. The van der Waals surface area contributed by atoms with Crippen LogP contribution >= 0.6 is 11.8 Å². The second-order valence-corrected chi connectivity index (χ2v) is 8.57. The number of hydrogen-bond donors (Lipinski definition) is 1. The summed E-state index contributed by atoms with van der Waals surface area (Å²) in [6.07, 6.45) is 3.40. The minimum Gasteiger partial charge on any atom is -0.361 e. The Morgan fingerprint density at radius 1 is 1.03 bits per heavy atom. The molecular formula is C25H21N5O2S. The van der Waals surface area contributed by atoms with Crippen LogP contribution in [0.15, 0.2) is 82.6 Å². The number of rotatable bonds is 6. The number of nitrogens with zero attached hydrogens (tertiary/aromatic N) is 4. The number of pyridine rings is 1. The Morgan fingerprint density at radius 2 is 1.85 bits per heavy atom. The van der Waals surface area contributed by atoms with Crippen molar-refractivity contribution in [2.75, 3.05) is 5.32 Å². The predicted molar refractivity (Wildman–Crippen MR) is 129 cm³/mol. The molecule has 1 amide bonds. The number of aromatic nitrogens is 4. The van der Waals surface area contributed by atoms with Crippen LogP contribution in [0.1, 0.15) is 27.4 Å². The highest BCUT2D eigenvalue weighted by Gasteiger charge is 2.15. The second kappa shape index (κ2) is 8.91. The lowest BCUT2D eigenvalue weighted by Crippen LogP contribution is -2.13. The van der Waals surface area contributed by atoms with Crippen molar-refractivity contribution in [1.82, 2.24) is 19.7 Å². The van der Waals surface area contributed by atoms with Crippen LogP contribution < -0.4 is 5.32 Å². The van der Waals surface area contributed by atoms with Crippen molar-refractivity contribution in [2.24, 2.45) is 0 Å². The van der Waals surface area contributed by atoms with E-state index in [-0.39, 0.29) is 5.91 Å². The van der Waals surface area contributed by atoms with Crippen LogP contribution in [-0.2, 0) is 5.75 Å². The molecule has 0 aliphatic heterocycles. The number of aryl methyl sites for hydroxylation is 2. The highest BCUT2D eigenvalue weighted by atomic mass is 32.2. The molecule has 0 fully saturated rings. The average Bonchev–Trinajstić information content (AvgIpc) is 3.41. The van der Waals surface area contributed by atoms with E-state index in [9.17, 15) is 4.79 Å². The molecule has 0 aliphatic rings. The molecule has 164 valence electrons. The fourth-order valence-electron chi connectivity index (χ4n) is 3.58. The van der Waals surface area contributed by atoms with Crippen LogP contribution in [0.3, 0.4) is 0 Å². The summed E-state index contributed by atoms with van der Waals surface area (Å²) in [5.41, 5.74) is 5.05. The molecule has 0 atom stereocenters. The normalized spacial score (nSPS) is 11.1. The Hall–Kier alpha value is -3.91. The number of benzene rings is 2. The molecule has 8 heteroatoms. The molecule has 7 nitrogen and oxygen atoms in total. The molecular weight excluding hydrogens is 434 g/mol. The van der Waals surface area contributed by atoms with E-state index in [1.165, 1.54) is 0 Å². The lowest BCUT2D eigenvalue weighted by Gasteiger charge is -2.10. The Labute approximate surface area is 194 Å². The summed E-state index contributed by atoms with van der Waals surface area (Å²) >= 11 is 1.59. The maximum Gasteiger partial charge on any atom is 0.256 e. The van der Waals surface area contributed by atoms with Gasteiger partial charge in [-0.15, -0.1) is 11.8 Å². The van der Waals surface area contributed by atoms with E-state index < -0.39 is 0 Å². The van der Waals surface area contributed by atoms with Gasteiger partial charge in [0.1, 0.15) is 17.9 Å². The third-order valence-electron chi connectivity index (χ3n) is 5.39. The van der Waals surface area contributed by atoms with E-state index in [4.69, 9.17) is 4.52 Å². The first-order chi connectivity index (χ1) is 16.1. The fourth-order valence-corrected chi connectivity index (χ4v) is 4.78. The zero-order valence-electron chi connectivity index (χ0n) is 18.1. The van der Waals surface area contributed by atoms with E-state index in [0.717, 1.165) is 38.8 Å². The van der Waals surface area contributed by atoms with E-state index in [1.807, 2.05) is 79.1 Å². The lowest BCUT2D eigenvalue weighted by atomic mass is 10.2. The van der Waals surface area contributed by atoms with Crippen LogP contribution in [-0.4, -0.2) is 25.6 Å². The lowest BCUT2D eigenvalue weighted by molar-refractivity contribution is 0.102. The number of carbonyl (C=O) groups excluding carboxylic acids is 1. The Kier molecular flexibility index (Phi) is 5.66. The quantitative estimate of drug-likeness (QED) is 0.337. The van der Waals surface area contributed by atoms with Gasteiger partial charge in [0.05, 0.1) is 34.2 Å². The van der Waals surface area contributed by atoms with E-state index in [1.54, 1.807) is 24.3 Å². The van der Waals surface area contributed by atoms with Gasteiger partial charge >= 0.3 is 0 Å². The first-order valence-electron chi connectivity index (χ1n) is 10.4. The molecule has 0 radical (unpaired) electrons. The highest BCUT2D eigenvalue weighted by Crippen LogP contribution is 2.29. The van der Waals surface area contributed by atoms with Gasteiger partial charge in [-0.1, -0.05) is 29.4 Å². The number of anilines is 1. The minimum absolute atomic E-state index is 0.181. The van der Waals surface area contributed by atoms with Crippen molar-refractivity contribution in [1.29, 1.82) is 0 Å². The van der Waals surface area contributed by atoms with Gasteiger partial charge in [-0.3, -0.25) is 9.36 Å². The molecule has 0 spiro atoms. The summed E-state index contributed by atoms with van der Waals surface area (Å²) in [5.74, 6) is 2.04. The summed E-state index contributed by atoms with van der Waals surface area (Å²) in [4.78, 5) is 22.8. The van der Waals surface area contributed by atoms with Crippen molar-refractivity contribution in [2.45, 2.75) is 24.5 Å². The van der Waals surface area contributed by atoms with Crippen molar-refractivity contribution in [3.8, 4) is 5.82 Å². The van der Waals surface area contributed by atoms with Gasteiger partial charge in [0.15, 0.2) is 0 Å². The number of amides is 1. The van der Waals surface area contributed by atoms with Gasteiger partial charge in [-0.25, -0.2) is 9.97 Å². The van der Waals surface area contributed by atoms with Gasteiger partial charge in [0.2, 0.25) is 0 Å². The molecule has 33 heavy (non-hydrogen) atoms. The van der Waals surface area contributed by atoms with Gasteiger partial charge in [0.25, 0.3) is 5.91 Å². The van der Waals surface area contributed by atoms with Gasteiger partial charge in [-0.05, 0) is 50.2 Å². The van der Waals surface area contributed by atoms with E-state index >= 15 is 0 Å². The minimum atomic E-state index is -0.181. The molecule has 5 rings (SSSR count). The molecule has 2 aromatic carbocycles. The maximum atomic E-state index is 13.0. The fraction of sp³-hybridized carbons (Fsp3) is 0.120. The second-order valence-electron chi connectivity index (χ2n) is 7.55. The molecule has 0 saturated heterocycles. The number of fused-ring (bicyclic) bond motifs is 1. The predicted octanol–water partition coefficient (Wildman–Crippen LogP) is 5.57. The Morgan fingerprint density at radius 3 is 2.64 bits per heavy atom. The van der Waals surface area contributed by atoms with Crippen LogP contribution in [0.25, 0.3) is 16.9 Å². The van der Waals surface area contributed by atoms with Crippen LogP contribution in [0.2, 0.25) is 0 Å². The van der Waals surface area contributed by atoms with Crippen molar-refractivity contribution in [3.63, 3.8) is 0 Å². The van der Waals surface area contributed by atoms with Gasteiger partial charge in [-0.2, -0.15) is 0 Å². The molecule has 3 heterocycles. The molecule has 5 aromatic rings. The monoisotopic (exact) mass is 455 g/mol. The molecule has 3 aromatic heterocycles. The van der Waals surface area contributed by atoms with Crippen LogP contribution in [0.4, 0.5) is 5.69 Å². The first-order valence-corrected chi connectivity index (χ1v) is 11.4. The molecule has 0 bridgehead atoms. The summed E-state index contributed by atoms with van der Waals surface area (Å²) in [7, 11) is 0. The third kappa shape index (κ3) is 4.25. The summed E-state index contributed by atoms with van der Waals surface area (Å²) in [6.45, 7) is 3.83. The molecule has 0 saturated carbocycles. The number of nitrogens with one attached hydrogen (secondary N) is 1. The third-order valence-corrected chi connectivity index (χ3v) is 6.49. The van der Waals surface area contributed by atoms with E-state index in [0.29, 0.717) is 17.0 Å². The van der Waals surface area contributed by atoms with Crippen LogP contribution in [0, 0.1) is 13.8 Å². The summed E-state index contributed by atoms with van der Waals surface area (Å²) in [6, 6.07) is 19.1. The van der Waals surface area contributed by atoms with Crippen molar-refractivity contribution in [3.05, 3.63) is 95.8 Å². The molecule has 0 unspecified atom stereocenters. The first kappa shape index (κ1) is 21.0. The molecule has 0 aliphatic carbocycles. The topological polar surface area (TPSA) is 85.8 Å². The van der Waals surface area contributed by atoms with Gasteiger partial charge in [0, 0.05) is 16.2 Å². The Bertz CT molecular complexity index is 1420. The summed E-state index contributed by atoms with van der Waals surface area (Å²) < 4.78 is 7.16. The largest absolute Gasteiger partial charge is 0.361 e. The smallest absolute Gasteiger partial charge is 0.256 e. The molecule has 1 N–H and O–H groups in total.